The number of rotatable bonds is 4. The summed E-state index contributed by atoms with van der Waals surface area (Å²) in [4.78, 5) is 21.0. The Balaban J connectivity index is 1.77. The Bertz CT molecular complexity index is 813. The minimum atomic E-state index is -0.223. The van der Waals surface area contributed by atoms with E-state index in [1.807, 2.05) is 31.2 Å². The van der Waals surface area contributed by atoms with Crippen LogP contribution in [0, 0.1) is 6.92 Å². The molecular formula is C14H12N4O2S2. The number of aryl methyl sites for hydroxylation is 1. The van der Waals surface area contributed by atoms with E-state index < -0.39 is 0 Å². The molecule has 22 heavy (non-hydrogen) atoms. The van der Waals surface area contributed by atoms with E-state index in [4.69, 9.17) is 4.74 Å². The minimum Gasteiger partial charge on any atom is -0.497 e. The average Bonchev–Trinajstić information content (AvgIpc) is 3.16. The van der Waals surface area contributed by atoms with Crippen molar-refractivity contribution in [2.24, 2.45) is 0 Å². The fraction of sp³-hybridized carbons (Fsp3) is 0.143. The summed E-state index contributed by atoms with van der Waals surface area (Å²) >= 11 is 2.48. The molecule has 0 aliphatic heterocycles. The van der Waals surface area contributed by atoms with Crippen LogP contribution in [0.2, 0.25) is 0 Å². The number of carbonyl (C=O) groups is 1. The zero-order valence-corrected chi connectivity index (χ0v) is 13.5. The maximum atomic E-state index is 12.1. The molecule has 112 valence electrons. The van der Waals surface area contributed by atoms with Crippen LogP contribution in [0.15, 0.2) is 30.5 Å². The zero-order valence-electron chi connectivity index (χ0n) is 11.9. The van der Waals surface area contributed by atoms with Crippen molar-refractivity contribution in [2.75, 3.05) is 12.4 Å². The van der Waals surface area contributed by atoms with Crippen LogP contribution >= 0.6 is 22.9 Å². The molecule has 1 amide bonds. The van der Waals surface area contributed by atoms with Crippen molar-refractivity contribution in [3.05, 3.63) is 40.3 Å². The van der Waals surface area contributed by atoms with Crippen molar-refractivity contribution in [3.63, 3.8) is 0 Å². The van der Waals surface area contributed by atoms with Crippen LogP contribution in [0.5, 0.6) is 5.75 Å². The molecule has 1 N–H and O–H groups in total. The summed E-state index contributed by atoms with van der Waals surface area (Å²) in [7, 11) is 1.61. The lowest BCUT2D eigenvalue weighted by Gasteiger charge is -2.00. The summed E-state index contributed by atoms with van der Waals surface area (Å²) in [6, 6.07) is 7.46. The summed E-state index contributed by atoms with van der Waals surface area (Å²) in [6.45, 7) is 1.85. The second kappa shape index (κ2) is 6.20. The molecule has 0 aliphatic carbocycles. The van der Waals surface area contributed by atoms with Crippen LogP contribution in [-0.2, 0) is 0 Å². The van der Waals surface area contributed by atoms with Crippen molar-refractivity contribution < 1.29 is 9.53 Å². The largest absolute Gasteiger partial charge is 0.497 e. The Morgan fingerprint density at radius 2 is 2.23 bits per heavy atom. The van der Waals surface area contributed by atoms with E-state index in [1.54, 1.807) is 13.3 Å². The third-order valence-electron chi connectivity index (χ3n) is 2.82. The SMILES string of the molecule is COc1cccc(-c2nsc(NC(=O)c3cnc(C)s3)n2)c1. The molecule has 2 aromatic heterocycles. The first-order chi connectivity index (χ1) is 10.7. The predicted octanol–water partition coefficient (Wildman–Crippen LogP) is 3.23. The highest BCUT2D eigenvalue weighted by atomic mass is 32.1. The van der Waals surface area contributed by atoms with Crippen molar-refractivity contribution in [1.82, 2.24) is 14.3 Å². The van der Waals surface area contributed by atoms with Crippen molar-refractivity contribution in [3.8, 4) is 17.1 Å². The van der Waals surface area contributed by atoms with Gasteiger partial charge >= 0.3 is 0 Å². The lowest BCUT2D eigenvalue weighted by Crippen LogP contribution is -2.09. The van der Waals surface area contributed by atoms with Gasteiger partial charge in [0.2, 0.25) is 5.13 Å². The molecule has 0 radical (unpaired) electrons. The zero-order chi connectivity index (χ0) is 15.5. The number of nitrogens with one attached hydrogen (secondary N) is 1. The van der Waals surface area contributed by atoms with Crippen LogP contribution in [0.4, 0.5) is 5.13 Å². The van der Waals surface area contributed by atoms with Crippen LogP contribution in [0.1, 0.15) is 14.7 Å². The van der Waals surface area contributed by atoms with Crippen LogP contribution < -0.4 is 10.1 Å². The van der Waals surface area contributed by atoms with Gasteiger partial charge in [0.1, 0.15) is 10.6 Å². The van der Waals surface area contributed by atoms with Gasteiger partial charge in [0.25, 0.3) is 5.91 Å². The van der Waals surface area contributed by atoms with Crippen molar-refractivity contribution in [1.29, 1.82) is 0 Å². The Labute approximate surface area is 135 Å². The first-order valence-corrected chi connectivity index (χ1v) is 7.96. The fourth-order valence-electron chi connectivity index (χ4n) is 1.78. The second-order valence-electron chi connectivity index (χ2n) is 4.35. The molecule has 0 saturated carbocycles. The quantitative estimate of drug-likeness (QED) is 0.794. The smallest absolute Gasteiger partial charge is 0.269 e. The van der Waals surface area contributed by atoms with Gasteiger partial charge in [-0.15, -0.1) is 11.3 Å². The van der Waals surface area contributed by atoms with Gasteiger partial charge in [0.05, 0.1) is 18.3 Å². The molecule has 0 saturated heterocycles. The molecule has 0 bridgehead atoms. The highest BCUT2D eigenvalue weighted by Gasteiger charge is 2.13. The first kappa shape index (κ1) is 14.6. The van der Waals surface area contributed by atoms with Gasteiger partial charge in [-0.1, -0.05) is 12.1 Å². The van der Waals surface area contributed by atoms with E-state index in [2.05, 4.69) is 19.7 Å². The Morgan fingerprint density at radius 3 is 2.95 bits per heavy atom. The number of methoxy groups -OCH3 is 1. The summed E-state index contributed by atoms with van der Waals surface area (Å²) in [5.41, 5.74) is 0.838. The van der Waals surface area contributed by atoms with E-state index in [-0.39, 0.29) is 5.91 Å². The summed E-state index contributed by atoms with van der Waals surface area (Å²) in [5.74, 6) is 1.07. The standard InChI is InChI=1S/C14H12N4O2S2/c1-8-15-7-11(21-8)13(19)17-14-16-12(18-22-14)9-4-3-5-10(6-9)20-2/h3-7H,1-2H3,(H,16,17,18,19). The average molecular weight is 332 g/mol. The molecule has 8 heteroatoms. The third-order valence-corrected chi connectivity index (χ3v) is 4.36. The van der Waals surface area contributed by atoms with Crippen molar-refractivity contribution >= 4 is 33.9 Å². The lowest BCUT2D eigenvalue weighted by atomic mass is 10.2. The van der Waals surface area contributed by atoms with Gasteiger partial charge in [-0.25, -0.2) is 4.98 Å². The molecule has 3 rings (SSSR count). The molecule has 0 fully saturated rings. The number of nitrogens with zero attached hydrogens (tertiary/aromatic N) is 3. The van der Waals surface area contributed by atoms with E-state index in [9.17, 15) is 4.79 Å². The van der Waals surface area contributed by atoms with Gasteiger partial charge in [-0.2, -0.15) is 9.36 Å². The molecule has 3 aromatic rings. The normalized spacial score (nSPS) is 10.5. The summed E-state index contributed by atoms with van der Waals surface area (Å²) in [5, 5.41) is 4.03. The van der Waals surface area contributed by atoms with Crippen LogP contribution in [-0.4, -0.2) is 27.4 Å². The molecule has 6 nitrogen and oxygen atoms in total. The summed E-state index contributed by atoms with van der Waals surface area (Å²) < 4.78 is 9.44. The van der Waals surface area contributed by atoms with Gasteiger partial charge in [-0.05, 0) is 19.1 Å². The van der Waals surface area contributed by atoms with E-state index >= 15 is 0 Å². The number of amides is 1. The van der Waals surface area contributed by atoms with E-state index in [0.29, 0.717) is 15.8 Å². The Hall–Kier alpha value is -2.32. The number of benzene rings is 1. The molecule has 2 heterocycles. The van der Waals surface area contributed by atoms with Gasteiger partial charge < -0.3 is 4.74 Å². The maximum Gasteiger partial charge on any atom is 0.269 e. The van der Waals surface area contributed by atoms with Crippen LogP contribution in [0.25, 0.3) is 11.4 Å². The second-order valence-corrected chi connectivity index (χ2v) is 6.34. The number of carbonyl (C=O) groups excluding carboxylic acids is 1. The number of ether oxygens (including phenoxy) is 1. The number of hydrogen-bond donors (Lipinski definition) is 1. The first-order valence-electron chi connectivity index (χ1n) is 6.37. The summed E-state index contributed by atoms with van der Waals surface area (Å²) in [6.07, 6.45) is 1.55. The molecule has 0 aliphatic rings. The fourth-order valence-corrected chi connectivity index (χ4v) is 3.04. The lowest BCUT2D eigenvalue weighted by molar-refractivity contribution is 0.103. The van der Waals surface area contributed by atoms with E-state index in [1.165, 1.54) is 11.3 Å². The minimum absolute atomic E-state index is 0.223. The Kier molecular flexibility index (Phi) is 4.12. The third kappa shape index (κ3) is 3.12. The van der Waals surface area contributed by atoms with E-state index in [0.717, 1.165) is 27.9 Å². The topological polar surface area (TPSA) is 77.0 Å². The van der Waals surface area contributed by atoms with Gasteiger partial charge in [0, 0.05) is 17.1 Å². The van der Waals surface area contributed by atoms with Gasteiger partial charge in [-0.3, -0.25) is 10.1 Å². The van der Waals surface area contributed by atoms with Crippen LogP contribution in [0.3, 0.4) is 0 Å². The molecule has 0 atom stereocenters. The van der Waals surface area contributed by atoms with Gasteiger partial charge in [0.15, 0.2) is 5.82 Å². The molecule has 0 unspecified atom stereocenters. The molecule has 0 spiro atoms. The number of aromatic nitrogens is 3. The number of thiazole rings is 1. The highest BCUT2D eigenvalue weighted by Crippen LogP contribution is 2.25. The highest BCUT2D eigenvalue weighted by molar-refractivity contribution is 7.14. The molecule has 1 aromatic carbocycles. The Morgan fingerprint density at radius 1 is 1.36 bits per heavy atom. The maximum absolute atomic E-state index is 12.1. The predicted molar refractivity (Wildman–Crippen MR) is 86.7 cm³/mol. The monoisotopic (exact) mass is 332 g/mol. The number of hydrogen-bond acceptors (Lipinski definition) is 7. The molecular weight excluding hydrogens is 320 g/mol. The number of anilines is 1. The van der Waals surface area contributed by atoms with Crippen molar-refractivity contribution in [2.45, 2.75) is 6.92 Å².